The first-order valence-electron chi connectivity index (χ1n) is 13.1. The molecule has 0 spiro atoms. The van der Waals surface area contributed by atoms with Crippen molar-refractivity contribution in [2.45, 2.75) is 134 Å². The van der Waals surface area contributed by atoms with Gasteiger partial charge < -0.3 is 24.8 Å². The van der Waals surface area contributed by atoms with E-state index < -0.39 is 24.4 Å². The molecule has 31 heavy (non-hydrogen) atoms. The standard InChI is InChI=1S/C26H50O5/c1-2-3-4-5-6-7-8-9-10-11-12-13-14-15-16-17-18-19-20-30-24-22-31-23(21-27)25(28)26(24)29/h15-16,23-29H,2-14,17-22H2,1H3/b16-15+/t23-,24+,25-,26-/m1/s1. The molecule has 1 rings (SSSR count). The van der Waals surface area contributed by atoms with Crippen molar-refractivity contribution >= 4 is 0 Å². The zero-order valence-electron chi connectivity index (χ0n) is 20.1. The average molecular weight is 443 g/mol. The van der Waals surface area contributed by atoms with Crippen molar-refractivity contribution in [1.29, 1.82) is 0 Å². The Hall–Kier alpha value is -0.460. The third-order valence-electron chi connectivity index (χ3n) is 6.25. The summed E-state index contributed by atoms with van der Waals surface area (Å²) in [5.41, 5.74) is 0. The van der Waals surface area contributed by atoms with Crippen LogP contribution in [0.25, 0.3) is 0 Å². The van der Waals surface area contributed by atoms with Crippen molar-refractivity contribution < 1.29 is 24.8 Å². The van der Waals surface area contributed by atoms with Gasteiger partial charge in [0.15, 0.2) is 0 Å². The van der Waals surface area contributed by atoms with Crippen molar-refractivity contribution in [2.75, 3.05) is 19.8 Å². The van der Waals surface area contributed by atoms with Gasteiger partial charge in [-0.05, 0) is 32.1 Å². The third-order valence-corrected chi connectivity index (χ3v) is 6.25. The van der Waals surface area contributed by atoms with Crippen LogP contribution in [0.3, 0.4) is 0 Å². The van der Waals surface area contributed by atoms with E-state index in [2.05, 4.69) is 19.1 Å². The number of rotatable bonds is 20. The van der Waals surface area contributed by atoms with E-state index in [-0.39, 0.29) is 13.2 Å². The van der Waals surface area contributed by atoms with E-state index in [4.69, 9.17) is 14.6 Å². The minimum absolute atomic E-state index is 0.211. The average Bonchev–Trinajstić information content (AvgIpc) is 2.78. The summed E-state index contributed by atoms with van der Waals surface area (Å²) in [5, 5.41) is 28.9. The minimum atomic E-state index is -1.09. The van der Waals surface area contributed by atoms with Crippen LogP contribution >= 0.6 is 0 Å². The topological polar surface area (TPSA) is 79.2 Å². The Bertz CT molecular complexity index is 415. The van der Waals surface area contributed by atoms with E-state index in [9.17, 15) is 10.2 Å². The third kappa shape index (κ3) is 14.3. The second-order valence-electron chi connectivity index (χ2n) is 9.09. The van der Waals surface area contributed by atoms with Gasteiger partial charge in [0.2, 0.25) is 0 Å². The predicted octanol–water partition coefficient (Wildman–Crippen LogP) is 5.30. The van der Waals surface area contributed by atoms with Gasteiger partial charge in [0.25, 0.3) is 0 Å². The number of aliphatic hydroxyl groups excluding tert-OH is 3. The van der Waals surface area contributed by atoms with E-state index in [1.54, 1.807) is 0 Å². The molecular weight excluding hydrogens is 392 g/mol. The fourth-order valence-electron chi connectivity index (χ4n) is 4.10. The fourth-order valence-corrected chi connectivity index (χ4v) is 4.10. The highest BCUT2D eigenvalue weighted by molar-refractivity contribution is 4.87. The second-order valence-corrected chi connectivity index (χ2v) is 9.09. The molecule has 0 amide bonds. The summed E-state index contributed by atoms with van der Waals surface area (Å²) in [6, 6.07) is 0. The van der Waals surface area contributed by atoms with Crippen LogP contribution in [0.5, 0.6) is 0 Å². The lowest BCUT2D eigenvalue weighted by atomic mass is 10.0. The molecule has 0 radical (unpaired) electrons. The zero-order chi connectivity index (χ0) is 22.6. The molecule has 1 aliphatic rings. The molecule has 0 unspecified atom stereocenters. The fraction of sp³-hybridized carbons (Fsp3) is 0.923. The van der Waals surface area contributed by atoms with Crippen LogP contribution in [0, 0.1) is 0 Å². The number of hydrogen-bond donors (Lipinski definition) is 3. The summed E-state index contributed by atoms with van der Waals surface area (Å²) in [4.78, 5) is 0. The molecular formula is C26H50O5. The summed E-state index contributed by atoms with van der Waals surface area (Å²) < 4.78 is 11.0. The van der Waals surface area contributed by atoms with Gasteiger partial charge in [-0.25, -0.2) is 0 Å². The number of aliphatic hydroxyl groups is 3. The molecule has 5 heteroatoms. The Morgan fingerprint density at radius 3 is 1.81 bits per heavy atom. The number of ether oxygens (including phenoxy) is 2. The largest absolute Gasteiger partial charge is 0.394 e. The van der Waals surface area contributed by atoms with Crippen molar-refractivity contribution in [2.24, 2.45) is 0 Å². The first-order valence-corrected chi connectivity index (χ1v) is 13.1. The van der Waals surface area contributed by atoms with Gasteiger partial charge in [-0.3, -0.25) is 0 Å². The normalized spacial score (nSPS) is 24.3. The van der Waals surface area contributed by atoms with Gasteiger partial charge in [0, 0.05) is 6.61 Å². The maximum atomic E-state index is 10.0. The number of hydrogen-bond acceptors (Lipinski definition) is 5. The van der Waals surface area contributed by atoms with Crippen LogP contribution in [0.1, 0.15) is 110 Å². The summed E-state index contributed by atoms with van der Waals surface area (Å²) in [6.07, 6.45) is 22.2. The van der Waals surface area contributed by atoms with Crippen LogP contribution in [0.4, 0.5) is 0 Å². The molecule has 4 atom stereocenters. The second kappa shape index (κ2) is 20.2. The van der Waals surface area contributed by atoms with Crippen molar-refractivity contribution in [3.05, 3.63) is 12.2 Å². The molecule has 184 valence electrons. The maximum absolute atomic E-state index is 10.0. The van der Waals surface area contributed by atoms with E-state index in [0.717, 1.165) is 19.3 Å². The van der Waals surface area contributed by atoms with Gasteiger partial charge in [0.1, 0.15) is 24.4 Å². The Morgan fingerprint density at radius 2 is 1.26 bits per heavy atom. The Balaban J connectivity index is 1.82. The van der Waals surface area contributed by atoms with Gasteiger partial charge in [0.05, 0.1) is 13.2 Å². The molecule has 0 saturated carbocycles. The van der Waals surface area contributed by atoms with Gasteiger partial charge >= 0.3 is 0 Å². The molecule has 0 aliphatic carbocycles. The Kier molecular flexibility index (Phi) is 18.6. The quantitative estimate of drug-likeness (QED) is 0.176. The van der Waals surface area contributed by atoms with E-state index in [0.29, 0.717) is 6.61 Å². The van der Waals surface area contributed by atoms with Crippen molar-refractivity contribution in [3.63, 3.8) is 0 Å². The Labute approximate surface area is 191 Å². The highest BCUT2D eigenvalue weighted by Gasteiger charge is 2.38. The van der Waals surface area contributed by atoms with Crippen molar-refractivity contribution in [3.8, 4) is 0 Å². The smallest absolute Gasteiger partial charge is 0.111 e. The lowest BCUT2D eigenvalue weighted by molar-refractivity contribution is -0.208. The molecule has 0 aromatic carbocycles. The monoisotopic (exact) mass is 442 g/mol. The van der Waals surface area contributed by atoms with Crippen LogP contribution in [-0.4, -0.2) is 59.6 Å². The van der Waals surface area contributed by atoms with Crippen LogP contribution in [0.2, 0.25) is 0 Å². The van der Waals surface area contributed by atoms with Gasteiger partial charge in [-0.1, -0.05) is 89.7 Å². The summed E-state index contributed by atoms with van der Waals surface area (Å²) in [7, 11) is 0. The summed E-state index contributed by atoms with van der Waals surface area (Å²) in [6.45, 7) is 2.74. The van der Waals surface area contributed by atoms with Crippen LogP contribution in [0.15, 0.2) is 12.2 Å². The first-order chi connectivity index (χ1) is 15.2. The lowest BCUT2D eigenvalue weighted by Gasteiger charge is -2.36. The maximum Gasteiger partial charge on any atom is 0.111 e. The number of unbranched alkanes of at least 4 members (excludes halogenated alkanes) is 14. The van der Waals surface area contributed by atoms with E-state index in [1.807, 2.05) is 0 Å². The molecule has 0 aromatic heterocycles. The highest BCUT2D eigenvalue weighted by Crippen LogP contribution is 2.18. The first kappa shape index (κ1) is 28.6. The minimum Gasteiger partial charge on any atom is -0.394 e. The molecule has 5 nitrogen and oxygen atoms in total. The molecule has 1 fully saturated rings. The zero-order valence-corrected chi connectivity index (χ0v) is 20.1. The molecule has 1 aliphatic heterocycles. The van der Waals surface area contributed by atoms with Crippen LogP contribution < -0.4 is 0 Å². The van der Waals surface area contributed by atoms with E-state index in [1.165, 1.54) is 83.5 Å². The highest BCUT2D eigenvalue weighted by atomic mass is 16.6. The van der Waals surface area contributed by atoms with Gasteiger partial charge in [-0.15, -0.1) is 0 Å². The lowest BCUT2D eigenvalue weighted by Crippen LogP contribution is -2.55. The predicted molar refractivity (Wildman–Crippen MR) is 127 cm³/mol. The Morgan fingerprint density at radius 1 is 0.742 bits per heavy atom. The molecule has 1 heterocycles. The van der Waals surface area contributed by atoms with E-state index >= 15 is 0 Å². The van der Waals surface area contributed by atoms with Crippen LogP contribution in [-0.2, 0) is 9.47 Å². The molecule has 0 bridgehead atoms. The molecule has 0 aromatic rings. The molecule has 3 N–H and O–H groups in total. The summed E-state index contributed by atoms with van der Waals surface area (Å²) in [5.74, 6) is 0. The van der Waals surface area contributed by atoms with Crippen molar-refractivity contribution in [1.82, 2.24) is 0 Å². The van der Waals surface area contributed by atoms with Gasteiger partial charge in [-0.2, -0.15) is 0 Å². The number of allylic oxidation sites excluding steroid dienone is 2. The SMILES string of the molecule is CCCCCCCCCCCCCC/C=C/CCCCO[C@H]1CO[C@H](CO)[C@@H](O)[C@@H]1O. The molecule has 1 saturated heterocycles. The summed E-state index contributed by atoms with van der Waals surface area (Å²) >= 11 is 0.